The van der Waals surface area contributed by atoms with Gasteiger partial charge in [0.25, 0.3) is 0 Å². The van der Waals surface area contributed by atoms with Crippen LogP contribution in [0.25, 0.3) is 0 Å². The molecule has 124 valence electrons. The van der Waals surface area contributed by atoms with Gasteiger partial charge in [-0.1, -0.05) is 25.1 Å². The summed E-state index contributed by atoms with van der Waals surface area (Å²) in [5.41, 5.74) is 0. The fraction of sp³-hybridized carbons (Fsp3) is 0.294. The molecule has 0 bridgehead atoms. The van der Waals surface area contributed by atoms with E-state index >= 15 is 0 Å². The van der Waals surface area contributed by atoms with Crippen molar-refractivity contribution in [2.45, 2.75) is 20.3 Å². The van der Waals surface area contributed by atoms with Crippen molar-refractivity contribution in [3.8, 4) is 17.2 Å². The number of ether oxygens (including phenoxy) is 1. The normalized spacial score (nSPS) is 13.3. The van der Waals surface area contributed by atoms with E-state index in [0.717, 1.165) is 17.9 Å². The first-order valence-electron chi connectivity index (χ1n) is 7.57. The quantitative estimate of drug-likeness (QED) is 0.507. The molecular formula is C17H21O4PS. The van der Waals surface area contributed by atoms with Gasteiger partial charge in [0.2, 0.25) is 0 Å². The van der Waals surface area contributed by atoms with Crippen molar-refractivity contribution in [1.29, 1.82) is 0 Å². The molecule has 2 aromatic carbocycles. The molecule has 23 heavy (non-hydrogen) atoms. The van der Waals surface area contributed by atoms with Crippen molar-refractivity contribution in [2.75, 3.05) is 12.4 Å². The maximum atomic E-state index is 12.6. The van der Waals surface area contributed by atoms with Crippen LogP contribution in [0.3, 0.4) is 0 Å². The van der Waals surface area contributed by atoms with Crippen molar-refractivity contribution in [3.05, 3.63) is 54.6 Å². The lowest BCUT2D eigenvalue weighted by atomic mass is 10.3. The molecule has 0 radical (unpaired) electrons. The molecule has 1 atom stereocenters. The first-order chi connectivity index (χ1) is 11.1. The summed E-state index contributed by atoms with van der Waals surface area (Å²) in [6, 6.07) is 16.6. The Morgan fingerprint density at radius 3 is 2.13 bits per heavy atom. The van der Waals surface area contributed by atoms with Gasteiger partial charge in [-0.25, -0.2) is 4.57 Å². The maximum absolute atomic E-state index is 12.6. The molecule has 0 aliphatic rings. The van der Waals surface area contributed by atoms with Crippen LogP contribution in [0.2, 0.25) is 0 Å². The molecule has 0 saturated heterocycles. The highest BCUT2D eigenvalue weighted by molar-refractivity contribution is 8.55. The molecule has 0 aromatic heterocycles. The van der Waals surface area contributed by atoms with Crippen molar-refractivity contribution in [3.63, 3.8) is 0 Å². The molecule has 0 fully saturated rings. The average Bonchev–Trinajstić information content (AvgIpc) is 2.56. The second kappa shape index (κ2) is 9.02. The Balaban J connectivity index is 2.02. The van der Waals surface area contributed by atoms with E-state index in [1.54, 1.807) is 31.2 Å². The molecule has 0 aliphatic carbocycles. The van der Waals surface area contributed by atoms with Crippen LogP contribution in [0.15, 0.2) is 54.6 Å². The van der Waals surface area contributed by atoms with Crippen molar-refractivity contribution in [2.24, 2.45) is 0 Å². The third-order valence-corrected chi connectivity index (χ3v) is 6.71. The van der Waals surface area contributed by atoms with Gasteiger partial charge in [0.15, 0.2) is 0 Å². The summed E-state index contributed by atoms with van der Waals surface area (Å²) < 4.78 is 29.2. The SMILES string of the molecule is CCCSP(=O)(OCC)Oc1ccc(Oc2ccccc2)cc1. The zero-order chi connectivity index (χ0) is 16.5. The first-order valence-corrected chi connectivity index (χ1v) is 10.7. The van der Waals surface area contributed by atoms with Crippen LogP contribution < -0.4 is 9.26 Å². The van der Waals surface area contributed by atoms with E-state index in [-0.39, 0.29) is 0 Å². The van der Waals surface area contributed by atoms with E-state index < -0.39 is 6.80 Å². The second-order valence-electron chi connectivity index (χ2n) is 4.68. The molecule has 2 rings (SSSR count). The van der Waals surface area contributed by atoms with E-state index in [4.69, 9.17) is 13.8 Å². The molecule has 0 spiro atoms. The number of para-hydroxylation sites is 1. The Morgan fingerprint density at radius 1 is 0.913 bits per heavy atom. The van der Waals surface area contributed by atoms with Gasteiger partial charge in [-0.15, -0.1) is 0 Å². The van der Waals surface area contributed by atoms with Crippen molar-refractivity contribution < 1.29 is 18.3 Å². The Kier molecular flexibility index (Phi) is 7.03. The minimum Gasteiger partial charge on any atom is -0.457 e. The van der Waals surface area contributed by atoms with E-state index in [1.807, 2.05) is 37.3 Å². The zero-order valence-corrected chi connectivity index (χ0v) is 15.0. The van der Waals surface area contributed by atoms with E-state index in [0.29, 0.717) is 18.1 Å². The minimum atomic E-state index is -3.16. The largest absolute Gasteiger partial charge is 0.457 e. The van der Waals surface area contributed by atoms with Gasteiger partial charge in [-0.3, -0.25) is 4.52 Å². The average molecular weight is 352 g/mol. The Morgan fingerprint density at radius 2 is 1.52 bits per heavy atom. The highest BCUT2D eigenvalue weighted by Gasteiger charge is 2.26. The van der Waals surface area contributed by atoms with Gasteiger partial charge in [0.05, 0.1) is 6.61 Å². The number of benzene rings is 2. The summed E-state index contributed by atoms with van der Waals surface area (Å²) in [5, 5.41) is 0. The molecular weight excluding hydrogens is 331 g/mol. The monoisotopic (exact) mass is 352 g/mol. The highest BCUT2D eigenvalue weighted by Crippen LogP contribution is 2.60. The number of hydrogen-bond acceptors (Lipinski definition) is 5. The Hall–Kier alpha value is -1.42. The van der Waals surface area contributed by atoms with Crippen LogP contribution in [0.4, 0.5) is 0 Å². The lowest BCUT2D eigenvalue weighted by Crippen LogP contribution is -1.96. The van der Waals surface area contributed by atoms with Crippen LogP contribution in [-0.4, -0.2) is 12.4 Å². The summed E-state index contributed by atoms with van der Waals surface area (Å²) in [4.78, 5) is 0. The summed E-state index contributed by atoms with van der Waals surface area (Å²) in [6.45, 7) is 1.02. The number of rotatable bonds is 9. The molecule has 4 nitrogen and oxygen atoms in total. The van der Waals surface area contributed by atoms with Gasteiger partial charge >= 0.3 is 6.80 Å². The Labute approximate surface area is 141 Å². The Bertz CT molecular complexity index is 631. The molecule has 0 amide bonds. The van der Waals surface area contributed by atoms with Crippen LogP contribution in [0, 0.1) is 0 Å². The minimum absolute atomic E-state index is 0.350. The first kappa shape index (κ1) is 17.9. The van der Waals surface area contributed by atoms with Gasteiger partial charge in [-0.2, -0.15) is 0 Å². The third kappa shape index (κ3) is 5.94. The second-order valence-corrected chi connectivity index (χ2v) is 8.79. The van der Waals surface area contributed by atoms with Gasteiger partial charge in [0.1, 0.15) is 17.2 Å². The smallest absolute Gasteiger partial charge is 0.440 e. The van der Waals surface area contributed by atoms with Gasteiger partial charge < -0.3 is 9.26 Å². The summed E-state index contributed by atoms with van der Waals surface area (Å²) in [7, 11) is 0. The van der Waals surface area contributed by atoms with E-state index in [2.05, 4.69) is 0 Å². The molecule has 0 saturated carbocycles. The predicted octanol–water partition coefficient (Wildman–Crippen LogP) is 6.15. The van der Waals surface area contributed by atoms with Crippen LogP contribution in [0.5, 0.6) is 17.2 Å². The van der Waals surface area contributed by atoms with Crippen LogP contribution in [0.1, 0.15) is 20.3 Å². The molecule has 1 unspecified atom stereocenters. The summed E-state index contributed by atoms with van der Waals surface area (Å²) in [6.07, 6.45) is 0.912. The van der Waals surface area contributed by atoms with Crippen molar-refractivity contribution in [1.82, 2.24) is 0 Å². The zero-order valence-electron chi connectivity index (χ0n) is 13.3. The van der Waals surface area contributed by atoms with Crippen LogP contribution in [-0.2, 0) is 9.09 Å². The molecule has 0 N–H and O–H groups in total. The van der Waals surface area contributed by atoms with E-state index in [1.165, 1.54) is 11.4 Å². The molecule has 6 heteroatoms. The third-order valence-electron chi connectivity index (χ3n) is 2.76. The fourth-order valence-electron chi connectivity index (χ4n) is 1.77. The predicted molar refractivity (Wildman–Crippen MR) is 95.6 cm³/mol. The topological polar surface area (TPSA) is 44.8 Å². The fourth-order valence-corrected chi connectivity index (χ4v) is 5.23. The molecule has 0 aliphatic heterocycles. The van der Waals surface area contributed by atoms with Gasteiger partial charge in [0, 0.05) is 5.75 Å². The van der Waals surface area contributed by atoms with Gasteiger partial charge in [-0.05, 0) is 61.1 Å². The van der Waals surface area contributed by atoms with Crippen LogP contribution >= 0.6 is 18.2 Å². The van der Waals surface area contributed by atoms with E-state index in [9.17, 15) is 4.57 Å². The molecule has 2 aromatic rings. The lowest BCUT2D eigenvalue weighted by molar-refractivity contribution is 0.296. The summed E-state index contributed by atoms with van der Waals surface area (Å²) in [5.74, 6) is 2.69. The standard InChI is InChI=1S/C17H21O4PS/c1-3-14-23-22(18,19-4-2)21-17-12-10-16(11-13-17)20-15-8-6-5-7-9-15/h5-13H,3-4,14H2,1-2H3. The van der Waals surface area contributed by atoms with Crippen molar-refractivity contribution >= 4 is 18.2 Å². The maximum Gasteiger partial charge on any atom is 0.440 e. The number of hydrogen-bond donors (Lipinski definition) is 0. The highest BCUT2D eigenvalue weighted by atomic mass is 32.7. The lowest BCUT2D eigenvalue weighted by Gasteiger charge is -2.17. The summed E-state index contributed by atoms with van der Waals surface area (Å²) >= 11 is 1.23. The molecule has 0 heterocycles.